The Labute approximate surface area is 327 Å². The van der Waals surface area contributed by atoms with Gasteiger partial charge in [0.1, 0.15) is 0 Å². The Kier molecular flexibility index (Phi) is 12.2. The Morgan fingerprint density at radius 3 is 2.06 bits per heavy atom. The van der Waals surface area contributed by atoms with Crippen molar-refractivity contribution in [2.75, 3.05) is 0 Å². The van der Waals surface area contributed by atoms with Gasteiger partial charge in [-0.3, -0.25) is 4.79 Å². The minimum absolute atomic E-state index is 0.000990. The molecule has 0 N–H and O–H groups in total. The van der Waals surface area contributed by atoms with Gasteiger partial charge in [0, 0.05) is 6.42 Å². The normalized spacial score (nSPS) is 30.4. The van der Waals surface area contributed by atoms with Crippen molar-refractivity contribution in [3.8, 4) is 0 Å². The van der Waals surface area contributed by atoms with Gasteiger partial charge in [0.15, 0.2) is 22.4 Å². The van der Waals surface area contributed by atoms with E-state index in [1.807, 2.05) is 6.08 Å². The number of rotatable bonds is 11. The molecule has 0 heterocycles. The summed E-state index contributed by atoms with van der Waals surface area (Å²) in [6.07, 6.45) is 19.2. The Morgan fingerprint density at radius 2 is 1.49 bits per heavy atom. The van der Waals surface area contributed by atoms with Gasteiger partial charge in [0.2, 0.25) is 0 Å². The summed E-state index contributed by atoms with van der Waals surface area (Å²) in [6.45, 7) is 37.6. The van der Waals surface area contributed by atoms with E-state index < -0.39 is 16.6 Å². The highest BCUT2D eigenvalue weighted by molar-refractivity contribution is 6.74. The number of fused-ring (bicyclic) bond motifs is 1. The number of allylic oxidation sites excluding steroid dienone is 5. The molecule has 53 heavy (non-hydrogen) atoms. The molecule has 0 bridgehead atoms. The van der Waals surface area contributed by atoms with Gasteiger partial charge in [0.25, 0.3) is 0 Å². The molecule has 5 heteroatoms. The molecular formula is C48H76O3Si2. The smallest absolute Gasteiger partial charge is 0.192 e. The van der Waals surface area contributed by atoms with Crippen LogP contribution in [-0.2, 0) is 19.1 Å². The van der Waals surface area contributed by atoms with Crippen molar-refractivity contribution in [1.29, 1.82) is 0 Å². The fraction of sp³-hybridized carbons (Fsp3) is 0.688. The lowest BCUT2D eigenvalue weighted by Gasteiger charge is -2.45. The summed E-state index contributed by atoms with van der Waals surface area (Å²) in [5, 5.41) is 0.295. The maximum Gasteiger partial charge on any atom is 0.192 e. The van der Waals surface area contributed by atoms with Crippen molar-refractivity contribution in [2.24, 2.45) is 23.2 Å². The molecule has 1 aromatic carbocycles. The molecule has 5 rings (SSSR count). The number of hydrogen-bond acceptors (Lipinski definition) is 3. The molecule has 0 radical (unpaired) electrons. The topological polar surface area (TPSA) is 35.5 Å². The van der Waals surface area contributed by atoms with Gasteiger partial charge in [-0.1, -0.05) is 124 Å². The lowest BCUT2D eigenvalue weighted by molar-refractivity contribution is -0.116. The first-order valence-corrected chi connectivity index (χ1v) is 27.0. The fourth-order valence-corrected chi connectivity index (χ4v) is 12.1. The van der Waals surface area contributed by atoms with Crippen LogP contribution in [-0.4, -0.2) is 34.6 Å². The van der Waals surface area contributed by atoms with Gasteiger partial charge in [-0.2, -0.15) is 0 Å². The first-order valence-electron chi connectivity index (χ1n) is 21.2. The molecule has 1 aromatic rings. The molecule has 0 saturated heterocycles. The van der Waals surface area contributed by atoms with E-state index in [9.17, 15) is 4.79 Å². The number of benzene rings is 1. The molecule has 4 fully saturated rings. The van der Waals surface area contributed by atoms with Crippen LogP contribution in [0.4, 0.5) is 0 Å². The van der Waals surface area contributed by atoms with Crippen LogP contribution in [0.1, 0.15) is 144 Å². The Balaban J connectivity index is 1.33. The third kappa shape index (κ3) is 8.79. The molecular weight excluding hydrogens is 681 g/mol. The predicted molar refractivity (Wildman–Crippen MR) is 232 cm³/mol. The second-order valence-corrected chi connectivity index (χ2v) is 30.8. The van der Waals surface area contributed by atoms with Crippen molar-refractivity contribution in [1.82, 2.24) is 0 Å². The molecule has 0 aliphatic heterocycles. The van der Waals surface area contributed by atoms with E-state index in [0.717, 1.165) is 31.3 Å². The highest BCUT2D eigenvalue weighted by Crippen LogP contribution is 2.60. The molecule has 0 spiro atoms. The van der Waals surface area contributed by atoms with Crippen LogP contribution in [0.5, 0.6) is 0 Å². The van der Waals surface area contributed by atoms with Gasteiger partial charge in [0.05, 0.1) is 17.6 Å². The van der Waals surface area contributed by atoms with E-state index in [2.05, 4.69) is 138 Å². The minimum Gasteiger partial charge on any atom is -0.413 e. The van der Waals surface area contributed by atoms with Crippen LogP contribution in [0.15, 0.2) is 71.9 Å². The largest absolute Gasteiger partial charge is 0.413 e. The summed E-state index contributed by atoms with van der Waals surface area (Å²) in [4.78, 5) is 13.7. The highest BCUT2D eigenvalue weighted by Gasteiger charge is 2.52. The van der Waals surface area contributed by atoms with Crippen LogP contribution in [0.2, 0.25) is 36.3 Å². The summed E-state index contributed by atoms with van der Waals surface area (Å²) in [7, 11) is -3.97. The van der Waals surface area contributed by atoms with Crippen LogP contribution < -0.4 is 0 Å². The molecule has 294 valence electrons. The first kappa shape index (κ1) is 42.3. The molecule has 0 aromatic heterocycles. The quantitative estimate of drug-likeness (QED) is 0.167. The molecule has 6 atom stereocenters. The van der Waals surface area contributed by atoms with Crippen LogP contribution in [0.3, 0.4) is 0 Å². The summed E-state index contributed by atoms with van der Waals surface area (Å²) < 4.78 is 14.2. The standard InChI is InChI=1S/C48H76O3Si2/c1-33(2)36-21-23-39(24-22-36)48(29-30-48)44(49)27-18-34(3)41-25-26-42-37(17-16-28-47(41,42)11)19-20-38-31-40(50-52(12,13)45(5,6)7)32-43(35(38)4)51-53(14,15)46(8,9)10/h18-24,27,33-34,40-43H,4,16-17,25-26,28-32H2,1-3,5-15H3/t34-,40-,41-,42+,43+,47-/m1/s1. The summed E-state index contributed by atoms with van der Waals surface area (Å²) >= 11 is 0. The third-order valence-corrected chi connectivity index (χ3v) is 24.3. The van der Waals surface area contributed by atoms with Crippen molar-refractivity contribution in [2.45, 2.75) is 187 Å². The average molecular weight is 757 g/mol. The summed E-state index contributed by atoms with van der Waals surface area (Å²) in [5.41, 5.74) is 6.60. The van der Waals surface area contributed by atoms with E-state index in [4.69, 9.17) is 15.4 Å². The van der Waals surface area contributed by atoms with Gasteiger partial charge >= 0.3 is 0 Å². The Bertz CT molecular complexity index is 1590. The summed E-state index contributed by atoms with van der Waals surface area (Å²) in [5.74, 6) is 2.36. The lowest BCUT2D eigenvalue weighted by atomic mass is 9.61. The van der Waals surface area contributed by atoms with Crippen LogP contribution in [0.25, 0.3) is 0 Å². The predicted octanol–water partition coefficient (Wildman–Crippen LogP) is 13.8. The van der Waals surface area contributed by atoms with Gasteiger partial charge in [-0.15, -0.1) is 0 Å². The van der Waals surface area contributed by atoms with Crippen molar-refractivity contribution >= 4 is 22.4 Å². The van der Waals surface area contributed by atoms with Crippen molar-refractivity contribution in [3.05, 3.63) is 83.0 Å². The maximum atomic E-state index is 13.7. The third-order valence-electron chi connectivity index (χ3n) is 15.3. The fourth-order valence-electron chi connectivity index (χ4n) is 9.43. The monoisotopic (exact) mass is 757 g/mol. The zero-order valence-corrected chi connectivity index (χ0v) is 38.4. The zero-order valence-electron chi connectivity index (χ0n) is 36.4. The first-order chi connectivity index (χ1) is 24.4. The Morgan fingerprint density at radius 1 is 0.887 bits per heavy atom. The molecule has 3 nitrogen and oxygen atoms in total. The van der Waals surface area contributed by atoms with Crippen molar-refractivity contribution < 1.29 is 13.6 Å². The highest BCUT2D eigenvalue weighted by atomic mass is 28.4. The van der Waals surface area contributed by atoms with Gasteiger partial charge in [-0.05, 0) is 145 Å². The maximum absolute atomic E-state index is 13.7. The molecule has 4 aliphatic carbocycles. The second-order valence-electron chi connectivity index (χ2n) is 21.3. The number of carbonyl (C=O) groups excluding carboxylic acids is 1. The van der Waals surface area contributed by atoms with E-state index in [-0.39, 0.29) is 33.1 Å². The average Bonchev–Trinajstić information content (AvgIpc) is 3.78. The number of hydrogen-bond donors (Lipinski definition) is 0. The van der Waals surface area contributed by atoms with Gasteiger partial charge < -0.3 is 8.85 Å². The van der Waals surface area contributed by atoms with E-state index in [1.165, 1.54) is 48.8 Å². The minimum atomic E-state index is -2.01. The Hall–Kier alpha value is -1.80. The lowest BCUT2D eigenvalue weighted by Crippen LogP contribution is -2.49. The van der Waals surface area contributed by atoms with Crippen molar-refractivity contribution in [3.63, 3.8) is 0 Å². The number of ketones is 1. The molecule has 4 aliphatic rings. The van der Waals surface area contributed by atoms with E-state index in [1.54, 1.807) is 5.57 Å². The summed E-state index contributed by atoms with van der Waals surface area (Å²) in [6, 6.07) is 8.85. The second kappa shape index (κ2) is 15.3. The van der Waals surface area contributed by atoms with E-state index >= 15 is 0 Å². The van der Waals surface area contributed by atoms with Crippen LogP contribution in [0, 0.1) is 23.2 Å². The molecule has 0 amide bonds. The SMILES string of the molecule is C=C1C(=CC=C2CCC[C@]3(C)[C@@H]([C@H](C)C=CC(=O)C4(c5ccc(C(C)C)cc5)CC4)CC[C@@H]23)C[C@@H](O[Si](C)(C)C(C)(C)C)C[C@@H]1O[Si](C)(C)C(C)(C)C. The zero-order chi connectivity index (χ0) is 39.4. The number of carbonyl (C=O) groups is 1. The van der Waals surface area contributed by atoms with Gasteiger partial charge in [-0.25, -0.2) is 0 Å². The van der Waals surface area contributed by atoms with Crippen LogP contribution >= 0.6 is 0 Å². The molecule has 4 saturated carbocycles. The van der Waals surface area contributed by atoms with E-state index in [0.29, 0.717) is 29.5 Å². The molecule has 0 unspecified atom stereocenters.